The van der Waals surface area contributed by atoms with Gasteiger partial charge in [-0.3, -0.25) is 24.0 Å². The SMILES string of the molecule is C/C=C(\C)[C@H]1OC(=O)[C@@H](C)NC(=O)C(C(C)CC)NC(=O)CN(C)C(=O)[C@@H](Cc2ccc3ccccc3c2)N(C)C(=O)[C@H](C)NC(=O)[C@@H](CC(C)C)OC(=O)/C(C)=C/C[C@H](O)[C@@H]1C. The zero-order chi connectivity index (χ0) is 47.3. The second kappa shape index (κ2) is 23.8. The first-order valence-corrected chi connectivity index (χ1v) is 21.9. The third-order valence-corrected chi connectivity index (χ3v) is 11.8. The maximum absolute atomic E-state index is 14.4. The number of carbonyl (C=O) groups excluding carboxylic acids is 7. The van der Waals surface area contributed by atoms with Crippen LogP contribution >= 0.6 is 0 Å². The fourth-order valence-electron chi connectivity index (χ4n) is 7.30. The minimum Gasteiger partial charge on any atom is -0.456 e. The van der Waals surface area contributed by atoms with Crippen molar-refractivity contribution >= 4 is 52.2 Å². The first-order chi connectivity index (χ1) is 29.6. The predicted octanol–water partition coefficient (Wildman–Crippen LogP) is 4.39. The number of aliphatic hydroxyl groups excluding tert-OH is 1. The van der Waals surface area contributed by atoms with E-state index in [0.29, 0.717) is 12.0 Å². The van der Waals surface area contributed by atoms with E-state index >= 15 is 0 Å². The molecule has 15 nitrogen and oxygen atoms in total. The number of nitrogens with zero attached hydrogens (tertiary/aromatic N) is 2. The van der Waals surface area contributed by atoms with Crippen LogP contribution in [0.25, 0.3) is 10.8 Å². The van der Waals surface area contributed by atoms with E-state index in [4.69, 9.17) is 9.47 Å². The van der Waals surface area contributed by atoms with E-state index in [9.17, 15) is 38.7 Å². The number of hydrogen-bond donors (Lipinski definition) is 4. The molecule has 346 valence electrons. The van der Waals surface area contributed by atoms with Gasteiger partial charge in [0.25, 0.3) is 5.91 Å². The van der Waals surface area contributed by atoms with Crippen LogP contribution in [0.5, 0.6) is 0 Å². The number of benzene rings is 2. The summed E-state index contributed by atoms with van der Waals surface area (Å²) in [5, 5.41) is 21.3. The molecule has 0 radical (unpaired) electrons. The van der Waals surface area contributed by atoms with Crippen LogP contribution < -0.4 is 16.0 Å². The maximum Gasteiger partial charge on any atom is 0.334 e. The Morgan fingerprint density at radius 3 is 2.13 bits per heavy atom. The van der Waals surface area contributed by atoms with Gasteiger partial charge in [-0.25, -0.2) is 9.59 Å². The van der Waals surface area contributed by atoms with Crippen molar-refractivity contribution in [1.82, 2.24) is 25.8 Å². The fourth-order valence-corrected chi connectivity index (χ4v) is 7.30. The molecule has 3 rings (SSSR count). The van der Waals surface area contributed by atoms with Crippen LogP contribution in [0.4, 0.5) is 0 Å². The second-order valence-electron chi connectivity index (χ2n) is 17.4. The average Bonchev–Trinajstić information content (AvgIpc) is 3.25. The Kier molecular flexibility index (Phi) is 19.5. The lowest BCUT2D eigenvalue weighted by molar-refractivity contribution is -0.155. The highest BCUT2D eigenvalue weighted by molar-refractivity contribution is 5.96. The highest BCUT2D eigenvalue weighted by atomic mass is 16.6. The van der Waals surface area contributed by atoms with E-state index in [0.717, 1.165) is 16.3 Å². The van der Waals surface area contributed by atoms with Gasteiger partial charge in [-0.1, -0.05) is 95.7 Å². The number of carbonyl (C=O) groups is 7. The van der Waals surface area contributed by atoms with Crippen LogP contribution in [0.2, 0.25) is 0 Å². The average molecular weight is 876 g/mol. The zero-order valence-electron chi connectivity index (χ0n) is 39.0. The number of rotatable bonds is 7. The normalized spacial score (nSPS) is 27.8. The minimum atomic E-state index is -1.27. The highest BCUT2D eigenvalue weighted by Crippen LogP contribution is 2.24. The molecule has 0 bridgehead atoms. The molecular formula is C48H69N5O10. The van der Waals surface area contributed by atoms with Crippen LogP contribution in [-0.4, -0.2) is 120 Å². The van der Waals surface area contributed by atoms with Crippen molar-refractivity contribution in [3.63, 3.8) is 0 Å². The molecule has 1 aliphatic heterocycles. The third kappa shape index (κ3) is 14.5. The molecule has 4 N–H and O–H groups in total. The van der Waals surface area contributed by atoms with Gasteiger partial charge in [-0.2, -0.15) is 0 Å². The van der Waals surface area contributed by atoms with Crippen molar-refractivity contribution in [2.45, 2.75) is 137 Å². The smallest absolute Gasteiger partial charge is 0.334 e. The van der Waals surface area contributed by atoms with Crippen LogP contribution in [0, 0.1) is 17.8 Å². The second-order valence-corrected chi connectivity index (χ2v) is 17.4. The van der Waals surface area contributed by atoms with Gasteiger partial charge in [0.15, 0.2) is 6.10 Å². The molecule has 1 aliphatic rings. The summed E-state index contributed by atoms with van der Waals surface area (Å²) >= 11 is 0. The topological polar surface area (TPSA) is 201 Å². The number of ether oxygens (including phenoxy) is 2. The summed E-state index contributed by atoms with van der Waals surface area (Å²) in [5.41, 5.74) is 1.51. The molecule has 0 saturated carbocycles. The lowest BCUT2D eigenvalue weighted by Gasteiger charge is -2.33. The van der Waals surface area contributed by atoms with Crippen molar-refractivity contribution in [2.24, 2.45) is 17.8 Å². The predicted molar refractivity (Wildman–Crippen MR) is 241 cm³/mol. The minimum absolute atomic E-state index is 0.0249. The number of hydrogen-bond acceptors (Lipinski definition) is 10. The molecule has 2 unspecified atom stereocenters. The first-order valence-electron chi connectivity index (χ1n) is 21.9. The Labute approximate surface area is 372 Å². The molecule has 15 heteroatoms. The van der Waals surface area contributed by atoms with E-state index in [1.54, 1.807) is 33.8 Å². The molecule has 0 spiro atoms. The number of allylic oxidation sites excluding steroid dienone is 1. The highest BCUT2D eigenvalue weighted by Gasteiger charge is 2.37. The number of cyclic esters (lactones) is 2. The molecule has 0 fully saturated rings. The summed E-state index contributed by atoms with van der Waals surface area (Å²) in [5.74, 6) is -5.88. The van der Waals surface area contributed by atoms with Gasteiger partial charge in [0.05, 0.1) is 12.6 Å². The maximum atomic E-state index is 14.4. The van der Waals surface area contributed by atoms with E-state index in [1.807, 2.05) is 63.2 Å². The van der Waals surface area contributed by atoms with Gasteiger partial charge >= 0.3 is 11.9 Å². The summed E-state index contributed by atoms with van der Waals surface area (Å²) in [4.78, 5) is 99.0. The van der Waals surface area contributed by atoms with Gasteiger partial charge < -0.3 is 40.3 Å². The van der Waals surface area contributed by atoms with E-state index in [1.165, 1.54) is 50.7 Å². The number of likely N-dealkylation sites (N-methyl/N-ethyl adjacent to an activating group) is 2. The summed E-state index contributed by atoms with van der Waals surface area (Å²) < 4.78 is 11.6. The third-order valence-electron chi connectivity index (χ3n) is 11.8. The molecular weight excluding hydrogens is 807 g/mol. The Morgan fingerprint density at radius 2 is 1.51 bits per heavy atom. The first kappa shape index (κ1) is 51.8. The standard InChI is InChI=1S/C48H69N5O10/c1-13-28(5)41-44(57)50-33(10)48(61)63-42(29(6)14-2)31(8)38(54)22-19-30(7)47(60)62-39(23-27(3)4)43(56)49-32(9)45(58)53(12)37(46(59)52(11)26-40(55)51-41)25-34-20-21-35-17-15-16-18-36(35)24-34/h14-21,24,27-28,31-33,37-39,41-42,54H,13,22-23,25-26H2,1-12H3,(H,49,56)(H,50,57)(H,51,55)/b29-14+,30-19+/t28?,31-,32-,33+,37+,38-,39+,41?,42+/m0/s1. The summed E-state index contributed by atoms with van der Waals surface area (Å²) in [6.45, 7) is 16.5. The van der Waals surface area contributed by atoms with Crippen LogP contribution in [0.1, 0.15) is 94.1 Å². The molecule has 5 amide bonds. The zero-order valence-corrected chi connectivity index (χ0v) is 39.0. The van der Waals surface area contributed by atoms with Gasteiger partial charge in [0.2, 0.25) is 23.6 Å². The Balaban J connectivity index is 2.08. The van der Waals surface area contributed by atoms with Gasteiger partial charge in [-0.05, 0) is 81.2 Å². The number of fused-ring (bicyclic) bond motifs is 1. The lowest BCUT2D eigenvalue weighted by Crippen LogP contribution is -2.57. The monoisotopic (exact) mass is 876 g/mol. The van der Waals surface area contributed by atoms with E-state index in [-0.39, 0.29) is 36.7 Å². The molecule has 9 atom stereocenters. The molecule has 63 heavy (non-hydrogen) atoms. The van der Waals surface area contributed by atoms with Crippen molar-refractivity contribution in [1.29, 1.82) is 0 Å². The molecule has 0 saturated heterocycles. The largest absolute Gasteiger partial charge is 0.456 e. The fraction of sp³-hybridized carbons (Fsp3) is 0.562. The van der Waals surface area contributed by atoms with E-state index in [2.05, 4.69) is 16.0 Å². The molecule has 2 aromatic carbocycles. The Morgan fingerprint density at radius 1 is 0.873 bits per heavy atom. The molecule has 0 aromatic heterocycles. The Bertz CT molecular complexity index is 2030. The number of amides is 5. The molecule has 0 aliphatic carbocycles. The van der Waals surface area contributed by atoms with Gasteiger partial charge in [0, 0.05) is 32.0 Å². The van der Waals surface area contributed by atoms with Gasteiger partial charge in [-0.15, -0.1) is 0 Å². The van der Waals surface area contributed by atoms with Crippen molar-refractivity contribution in [3.8, 4) is 0 Å². The van der Waals surface area contributed by atoms with Crippen molar-refractivity contribution in [2.75, 3.05) is 20.6 Å². The van der Waals surface area contributed by atoms with Gasteiger partial charge in [0.1, 0.15) is 30.3 Å². The van der Waals surface area contributed by atoms with Crippen LogP contribution in [0.3, 0.4) is 0 Å². The summed E-state index contributed by atoms with van der Waals surface area (Å²) in [6, 6.07) is 8.85. The van der Waals surface area contributed by atoms with Crippen LogP contribution in [-0.2, 0) is 49.5 Å². The number of nitrogens with one attached hydrogen (secondary N) is 3. The quantitative estimate of drug-likeness (QED) is 0.229. The Hall–Kier alpha value is -5.57. The number of aliphatic hydroxyl groups is 1. The molecule has 2 aromatic rings. The van der Waals surface area contributed by atoms with Crippen molar-refractivity contribution in [3.05, 3.63) is 71.3 Å². The van der Waals surface area contributed by atoms with Crippen molar-refractivity contribution < 1.29 is 48.1 Å². The molecule has 1 heterocycles. The van der Waals surface area contributed by atoms with E-state index < -0.39 is 96.4 Å². The summed E-state index contributed by atoms with van der Waals surface area (Å²) in [6.07, 6.45) is 0.632. The van der Waals surface area contributed by atoms with Crippen LogP contribution in [0.15, 0.2) is 65.8 Å². The summed E-state index contributed by atoms with van der Waals surface area (Å²) in [7, 11) is 2.87. The lowest BCUT2D eigenvalue weighted by atomic mass is 9.90. The number of esters is 2.